The minimum absolute atomic E-state index is 0.00965. The van der Waals surface area contributed by atoms with Gasteiger partial charge >= 0.3 is 0 Å². The van der Waals surface area contributed by atoms with Gasteiger partial charge in [-0.15, -0.1) is 0 Å². The maximum atomic E-state index is 12.4. The van der Waals surface area contributed by atoms with E-state index in [0.717, 1.165) is 42.0 Å². The smallest absolute Gasteiger partial charge is 0.242 e. The number of hydrogen-bond acceptors (Lipinski definition) is 4. The van der Waals surface area contributed by atoms with Gasteiger partial charge in [0.25, 0.3) is 0 Å². The molecule has 4 rings (SSSR count). The molecule has 3 aromatic heterocycles. The maximum absolute atomic E-state index is 12.4. The van der Waals surface area contributed by atoms with Crippen molar-refractivity contribution in [2.24, 2.45) is 0 Å². The van der Waals surface area contributed by atoms with Crippen LogP contribution in [0.3, 0.4) is 0 Å². The summed E-state index contributed by atoms with van der Waals surface area (Å²) in [7, 11) is 0. The summed E-state index contributed by atoms with van der Waals surface area (Å²) in [6.07, 6.45) is 8.20. The molecule has 0 aromatic carbocycles. The number of amides is 1. The number of aryl methyl sites for hydroxylation is 1. The first-order valence-corrected chi connectivity index (χ1v) is 8.48. The molecule has 3 heterocycles. The van der Waals surface area contributed by atoms with Gasteiger partial charge in [0.1, 0.15) is 6.54 Å². The van der Waals surface area contributed by atoms with Crippen LogP contribution in [0.25, 0.3) is 5.82 Å². The van der Waals surface area contributed by atoms with Crippen molar-refractivity contribution < 1.29 is 4.79 Å². The molecule has 0 fully saturated rings. The minimum atomic E-state index is -0.0322. The average molecular weight is 336 g/mol. The molecule has 1 amide bonds. The molecule has 1 N–H and O–H groups in total. The van der Waals surface area contributed by atoms with Crippen LogP contribution in [-0.4, -0.2) is 30.5 Å². The number of carbonyl (C=O) groups is 1. The fourth-order valence-corrected chi connectivity index (χ4v) is 3.32. The first-order chi connectivity index (χ1) is 12.2. The predicted molar refractivity (Wildman–Crippen MR) is 92.1 cm³/mol. The summed E-state index contributed by atoms with van der Waals surface area (Å²) >= 11 is 0. The van der Waals surface area contributed by atoms with Crippen LogP contribution in [0, 0.1) is 6.92 Å². The largest absolute Gasteiger partial charge is 0.348 e. The molecule has 7 nitrogen and oxygen atoms in total. The summed E-state index contributed by atoms with van der Waals surface area (Å²) in [5, 5.41) is 11.8. The van der Waals surface area contributed by atoms with Crippen LogP contribution in [0.1, 0.15) is 35.8 Å². The number of hydrogen-bond donors (Lipinski definition) is 1. The molecular weight excluding hydrogens is 316 g/mol. The molecule has 7 heteroatoms. The quantitative estimate of drug-likeness (QED) is 0.790. The van der Waals surface area contributed by atoms with Gasteiger partial charge in [0.05, 0.1) is 17.9 Å². The van der Waals surface area contributed by atoms with E-state index >= 15 is 0 Å². The second-order valence-electron chi connectivity index (χ2n) is 6.29. The third kappa shape index (κ3) is 3.05. The fourth-order valence-electron chi connectivity index (χ4n) is 3.32. The van der Waals surface area contributed by atoms with Crippen LogP contribution in [-0.2, 0) is 17.8 Å². The second-order valence-corrected chi connectivity index (χ2v) is 6.29. The molecule has 1 atom stereocenters. The number of fused-ring (bicyclic) bond motifs is 1. The molecule has 0 radical (unpaired) electrons. The predicted octanol–water partition coefficient (Wildman–Crippen LogP) is 1.97. The van der Waals surface area contributed by atoms with E-state index in [4.69, 9.17) is 0 Å². The highest BCUT2D eigenvalue weighted by atomic mass is 16.2. The Hall–Kier alpha value is -2.96. The summed E-state index contributed by atoms with van der Waals surface area (Å²) in [5.41, 5.74) is 3.19. The van der Waals surface area contributed by atoms with E-state index in [2.05, 4.69) is 20.5 Å². The van der Waals surface area contributed by atoms with Gasteiger partial charge < -0.3 is 5.32 Å². The van der Waals surface area contributed by atoms with Crippen LogP contribution in [0.15, 0.2) is 42.9 Å². The van der Waals surface area contributed by atoms with Crippen molar-refractivity contribution in [3.63, 3.8) is 0 Å². The Morgan fingerprint density at radius 2 is 2.20 bits per heavy atom. The van der Waals surface area contributed by atoms with Gasteiger partial charge in [0.2, 0.25) is 5.91 Å². The zero-order chi connectivity index (χ0) is 17.2. The number of nitrogens with one attached hydrogen (secondary N) is 1. The van der Waals surface area contributed by atoms with Crippen LogP contribution < -0.4 is 5.32 Å². The van der Waals surface area contributed by atoms with E-state index in [1.165, 1.54) is 0 Å². The molecule has 25 heavy (non-hydrogen) atoms. The normalized spacial score (nSPS) is 16.4. The number of carbonyl (C=O) groups excluding carboxylic acids is 1. The number of pyridine rings is 1. The number of aromatic nitrogens is 5. The fraction of sp³-hybridized carbons (Fsp3) is 0.333. The summed E-state index contributed by atoms with van der Waals surface area (Å²) in [5.74, 6) is 0.776. The van der Waals surface area contributed by atoms with Gasteiger partial charge in [-0.1, -0.05) is 6.07 Å². The van der Waals surface area contributed by atoms with E-state index in [1.807, 2.05) is 42.1 Å². The summed E-state index contributed by atoms with van der Waals surface area (Å²) in [6.45, 7) is 2.18. The Kier molecular flexibility index (Phi) is 4.05. The summed E-state index contributed by atoms with van der Waals surface area (Å²) < 4.78 is 3.59. The second kappa shape index (κ2) is 6.51. The Morgan fingerprint density at radius 1 is 1.28 bits per heavy atom. The van der Waals surface area contributed by atoms with E-state index < -0.39 is 0 Å². The van der Waals surface area contributed by atoms with Gasteiger partial charge in [0.15, 0.2) is 5.82 Å². The van der Waals surface area contributed by atoms with E-state index in [0.29, 0.717) is 0 Å². The van der Waals surface area contributed by atoms with Gasteiger partial charge in [0, 0.05) is 23.7 Å². The number of rotatable bonds is 4. The molecule has 1 aliphatic rings. The van der Waals surface area contributed by atoms with E-state index in [9.17, 15) is 4.79 Å². The molecule has 0 saturated carbocycles. The standard InChI is InChI=1S/C18H20N6O/c1-13-8-10-20-23(13)12-18(25)22-15-5-4-6-16-14(15)11-21-24(16)17-7-2-3-9-19-17/h2-3,7-11,15H,4-6,12H2,1H3,(H,22,25)/t15-/m0/s1. The topological polar surface area (TPSA) is 77.6 Å². The van der Waals surface area contributed by atoms with Crippen molar-refractivity contribution in [3.05, 3.63) is 59.8 Å². The zero-order valence-electron chi connectivity index (χ0n) is 14.1. The first kappa shape index (κ1) is 15.6. The van der Waals surface area contributed by atoms with Crippen LogP contribution in [0.5, 0.6) is 0 Å². The van der Waals surface area contributed by atoms with E-state index in [1.54, 1.807) is 17.1 Å². The molecule has 3 aromatic rings. The molecule has 0 unspecified atom stereocenters. The lowest BCUT2D eigenvalue weighted by molar-refractivity contribution is -0.122. The van der Waals surface area contributed by atoms with Crippen molar-refractivity contribution >= 4 is 5.91 Å². The molecule has 0 bridgehead atoms. The first-order valence-electron chi connectivity index (χ1n) is 8.48. The van der Waals surface area contributed by atoms with Crippen LogP contribution >= 0.6 is 0 Å². The molecule has 0 aliphatic heterocycles. The Balaban J connectivity index is 1.53. The SMILES string of the molecule is Cc1ccnn1CC(=O)N[C@H]1CCCc2c1cnn2-c1ccccn1. The van der Waals surface area contributed by atoms with Crippen LogP contribution in [0.2, 0.25) is 0 Å². The van der Waals surface area contributed by atoms with Crippen molar-refractivity contribution in [2.45, 2.75) is 38.8 Å². The highest BCUT2D eigenvalue weighted by molar-refractivity contribution is 5.76. The van der Waals surface area contributed by atoms with Crippen molar-refractivity contribution in [3.8, 4) is 5.82 Å². The molecule has 1 aliphatic carbocycles. The van der Waals surface area contributed by atoms with Crippen molar-refractivity contribution in [2.75, 3.05) is 0 Å². The third-order valence-electron chi connectivity index (χ3n) is 4.61. The molecule has 128 valence electrons. The van der Waals surface area contributed by atoms with Gasteiger partial charge in [-0.05, 0) is 44.4 Å². The zero-order valence-corrected chi connectivity index (χ0v) is 14.1. The third-order valence-corrected chi connectivity index (χ3v) is 4.61. The van der Waals surface area contributed by atoms with Gasteiger partial charge in [-0.25, -0.2) is 9.67 Å². The Labute approximate surface area is 145 Å². The number of nitrogens with zero attached hydrogens (tertiary/aromatic N) is 5. The molecule has 0 spiro atoms. The van der Waals surface area contributed by atoms with Gasteiger partial charge in [-0.3, -0.25) is 9.48 Å². The molecule has 0 saturated heterocycles. The van der Waals surface area contributed by atoms with Crippen molar-refractivity contribution in [1.29, 1.82) is 0 Å². The van der Waals surface area contributed by atoms with Crippen molar-refractivity contribution in [1.82, 2.24) is 29.9 Å². The lowest BCUT2D eigenvalue weighted by Gasteiger charge is -2.24. The summed E-state index contributed by atoms with van der Waals surface area (Å²) in [4.78, 5) is 16.8. The summed E-state index contributed by atoms with van der Waals surface area (Å²) in [6, 6.07) is 7.66. The van der Waals surface area contributed by atoms with Gasteiger partial charge in [-0.2, -0.15) is 10.2 Å². The molecular formula is C18H20N6O. The van der Waals surface area contributed by atoms with Crippen LogP contribution in [0.4, 0.5) is 0 Å². The highest BCUT2D eigenvalue weighted by Crippen LogP contribution is 2.30. The maximum Gasteiger partial charge on any atom is 0.242 e. The lowest BCUT2D eigenvalue weighted by Crippen LogP contribution is -2.33. The minimum Gasteiger partial charge on any atom is -0.348 e. The average Bonchev–Trinajstić information content (AvgIpc) is 3.23. The highest BCUT2D eigenvalue weighted by Gasteiger charge is 2.26. The lowest BCUT2D eigenvalue weighted by atomic mass is 9.93. The van der Waals surface area contributed by atoms with E-state index in [-0.39, 0.29) is 18.5 Å². The Bertz CT molecular complexity index is 882. The Morgan fingerprint density at radius 3 is 2.96 bits per heavy atom. The monoisotopic (exact) mass is 336 g/mol.